The molecule has 0 saturated carbocycles. The molecule has 0 atom stereocenters. The molecule has 0 saturated heterocycles. The number of alkyl halides is 3. The molecule has 1 N–H and O–H groups in total. The number of carbonyl (C=O) groups is 2. The zero-order valence-electron chi connectivity index (χ0n) is 15.0. The fourth-order valence-corrected chi connectivity index (χ4v) is 2.65. The highest BCUT2D eigenvalue weighted by molar-refractivity contribution is 6.32. The van der Waals surface area contributed by atoms with E-state index in [1.165, 1.54) is 9.58 Å². The van der Waals surface area contributed by atoms with Crippen LogP contribution in [0, 0.1) is 0 Å². The molecule has 2 amide bonds. The molecule has 0 aliphatic carbocycles. The monoisotopic (exact) mass is 417 g/mol. The summed E-state index contributed by atoms with van der Waals surface area (Å²) >= 11 is 6.15. The number of halogens is 4. The van der Waals surface area contributed by atoms with Crippen LogP contribution >= 0.6 is 11.6 Å². The quantitative estimate of drug-likeness (QED) is 0.715. The minimum Gasteiger partial charge on any atom is -0.356 e. The summed E-state index contributed by atoms with van der Waals surface area (Å²) < 4.78 is 37.7. The van der Waals surface area contributed by atoms with Gasteiger partial charge in [0, 0.05) is 32.1 Å². The summed E-state index contributed by atoms with van der Waals surface area (Å²) in [6.07, 6.45) is -1.08. The molecule has 0 aliphatic rings. The standard InChI is InChI=1S/C17H19ClF3N5O2/c1-2-25(15(28)6-5-14(27)23-9-7-17(19,20)21)13-11-26(24-16(13)18)12-4-3-8-22-10-12/h3-4,8,10-11H,2,5-7,9H2,1H3,(H,23,27). The van der Waals surface area contributed by atoms with Gasteiger partial charge in [-0.15, -0.1) is 0 Å². The van der Waals surface area contributed by atoms with Crippen molar-refractivity contribution in [1.29, 1.82) is 0 Å². The minimum atomic E-state index is -4.34. The van der Waals surface area contributed by atoms with E-state index in [4.69, 9.17) is 11.6 Å². The summed E-state index contributed by atoms with van der Waals surface area (Å²) in [4.78, 5) is 29.5. The van der Waals surface area contributed by atoms with Crippen LogP contribution in [0.2, 0.25) is 5.15 Å². The van der Waals surface area contributed by atoms with Crippen molar-refractivity contribution in [3.63, 3.8) is 0 Å². The number of carbonyl (C=O) groups excluding carboxylic acids is 2. The summed E-state index contributed by atoms with van der Waals surface area (Å²) in [6, 6.07) is 3.49. The minimum absolute atomic E-state index is 0.105. The third-order valence-corrected chi connectivity index (χ3v) is 4.04. The lowest BCUT2D eigenvalue weighted by Gasteiger charge is -2.19. The highest BCUT2D eigenvalue weighted by Crippen LogP contribution is 2.26. The van der Waals surface area contributed by atoms with Crippen LogP contribution in [0.25, 0.3) is 5.69 Å². The molecule has 0 unspecified atom stereocenters. The molecule has 2 heterocycles. The molecule has 0 radical (unpaired) electrons. The van der Waals surface area contributed by atoms with Gasteiger partial charge in [-0.2, -0.15) is 18.3 Å². The van der Waals surface area contributed by atoms with Crippen molar-refractivity contribution >= 4 is 29.1 Å². The summed E-state index contributed by atoms with van der Waals surface area (Å²) in [5.74, 6) is -1.01. The number of aromatic nitrogens is 3. The van der Waals surface area contributed by atoms with Gasteiger partial charge in [0.1, 0.15) is 5.69 Å². The van der Waals surface area contributed by atoms with E-state index in [1.54, 1.807) is 37.6 Å². The molecule has 0 spiro atoms. The lowest BCUT2D eigenvalue weighted by molar-refractivity contribution is -0.136. The highest BCUT2D eigenvalue weighted by Gasteiger charge is 2.26. The van der Waals surface area contributed by atoms with Gasteiger partial charge in [0.15, 0.2) is 5.15 Å². The molecule has 0 bridgehead atoms. The van der Waals surface area contributed by atoms with Crippen LogP contribution < -0.4 is 10.2 Å². The molecule has 2 aromatic rings. The molecule has 28 heavy (non-hydrogen) atoms. The highest BCUT2D eigenvalue weighted by atomic mass is 35.5. The van der Waals surface area contributed by atoms with Crippen molar-refractivity contribution in [2.24, 2.45) is 0 Å². The number of pyridine rings is 1. The molecule has 0 fully saturated rings. The smallest absolute Gasteiger partial charge is 0.356 e. The normalized spacial score (nSPS) is 11.3. The number of nitrogens with zero attached hydrogens (tertiary/aromatic N) is 4. The van der Waals surface area contributed by atoms with E-state index in [1.807, 2.05) is 0 Å². The predicted molar refractivity (Wildman–Crippen MR) is 97.3 cm³/mol. The third-order valence-electron chi connectivity index (χ3n) is 3.77. The number of anilines is 1. The fourth-order valence-electron chi connectivity index (χ4n) is 2.41. The molecule has 2 aromatic heterocycles. The predicted octanol–water partition coefficient (Wildman–Crippen LogP) is 3.12. The van der Waals surface area contributed by atoms with Crippen LogP contribution in [0.5, 0.6) is 0 Å². The lowest BCUT2D eigenvalue weighted by Crippen LogP contribution is -2.33. The second kappa shape index (κ2) is 9.54. The topological polar surface area (TPSA) is 80.1 Å². The Morgan fingerprint density at radius 3 is 2.68 bits per heavy atom. The molecular formula is C17H19ClF3N5O2. The van der Waals surface area contributed by atoms with Crippen LogP contribution in [0.1, 0.15) is 26.2 Å². The second-order valence-corrected chi connectivity index (χ2v) is 6.17. The SMILES string of the molecule is CCN(C(=O)CCC(=O)NCCC(F)(F)F)c1cn(-c2cccnc2)nc1Cl. The summed E-state index contributed by atoms with van der Waals surface area (Å²) in [7, 11) is 0. The van der Waals surface area contributed by atoms with Crippen LogP contribution in [0.15, 0.2) is 30.7 Å². The van der Waals surface area contributed by atoms with Crippen molar-refractivity contribution in [3.8, 4) is 5.69 Å². The Morgan fingerprint density at radius 2 is 2.07 bits per heavy atom. The van der Waals surface area contributed by atoms with Crippen molar-refractivity contribution in [1.82, 2.24) is 20.1 Å². The first-order valence-corrected chi connectivity index (χ1v) is 8.88. The van der Waals surface area contributed by atoms with Gasteiger partial charge in [0.05, 0.1) is 24.5 Å². The molecule has 11 heteroatoms. The van der Waals surface area contributed by atoms with E-state index < -0.39 is 25.0 Å². The van der Waals surface area contributed by atoms with E-state index in [2.05, 4.69) is 15.4 Å². The average molecular weight is 418 g/mol. The molecule has 2 rings (SSSR count). The third kappa shape index (κ3) is 6.22. The zero-order valence-corrected chi connectivity index (χ0v) is 15.8. The van der Waals surface area contributed by atoms with Gasteiger partial charge < -0.3 is 10.2 Å². The van der Waals surface area contributed by atoms with Gasteiger partial charge in [-0.25, -0.2) is 4.68 Å². The molecule has 0 aliphatic heterocycles. The van der Waals surface area contributed by atoms with Crippen molar-refractivity contribution < 1.29 is 22.8 Å². The number of rotatable bonds is 8. The summed E-state index contributed by atoms with van der Waals surface area (Å²) in [5, 5.41) is 6.41. The lowest BCUT2D eigenvalue weighted by atomic mass is 10.2. The zero-order chi connectivity index (χ0) is 20.7. The van der Waals surface area contributed by atoms with E-state index in [-0.39, 0.29) is 30.4 Å². The van der Waals surface area contributed by atoms with Crippen LogP contribution in [-0.2, 0) is 9.59 Å². The molecule has 0 aromatic carbocycles. The largest absolute Gasteiger partial charge is 0.390 e. The number of hydrogen-bond donors (Lipinski definition) is 1. The van der Waals surface area contributed by atoms with Crippen molar-refractivity contribution in [2.45, 2.75) is 32.4 Å². The van der Waals surface area contributed by atoms with E-state index in [0.29, 0.717) is 11.4 Å². The number of nitrogens with one attached hydrogen (secondary N) is 1. The summed E-state index contributed by atoms with van der Waals surface area (Å²) in [6.45, 7) is 1.50. The number of hydrogen-bond acceptors (Lipinski definition) is 4. The first kappa shape index (κ1) is 21.7. The Kier molecular flexibility index (Phi) is 7.38. The van der Waals surface area contributed by atoms with Gasteiger partial charge in [0.25, 0.3) is 0 Å². The van der Waals surface area contributed by atoms with Crippen LogP contribution in [0.4, 0.5) is 18.9 Å². The second-order valence-electron chi connectivity index (χ2n) is 5.81. The van der Waals surface area contributed by atoms with Gasteiger partial charge in [-0.3, -0.25) is 14.6 Å². The summed E-state index contributed by atoms with van der Waals surface area (Å²) in [5.41, 5.74) is 1.03. The Hall–Kier alpha value is -2.62. The first-order chi connectivity index (χ1) is 13.2. The van der Waals surface area contributed by atoms with Gasteiger partial charge in [-0.05, 0) is 19.1 Å². The van der Waals surface area contributed by atoms with E-state index in [9.17, 15) is 22.8 Å². The molecular weight excluding hydrogens is 399 g/mol. The van der Waals surface area contributed by atoms with Gasteiger partial charge in [0.2, 0.25) is 11.8 Å². The number of amides is 2. The molecule has 152 valence electrons. The maximum atomic E-state index is 12.5. The average Bonchev–Trinajstić information content (AvgIpc) is 3.02. The van der Waals surface area contributed by atoms with Gasteiger partial charge >= 0.3 is 6.18 Å². The Bertz CT molecular complexity index is 811. The first-order valence-electron chi connectivity index (χ1n) is 8.50. The van der Waals surface area contributed by atoms with Crippen molar-refractivity contribution in [3.05, 3.63) is 35.9 Å². The van der Waals surface area contributed by atoms with E-state index in [0.717, 1.165) is 0 Å². The maximum Gasteiger partial charge on any atom is 0.390 e. The van der Waals surface area contributed by atoms with Crippen LogP contribution in [-0.4, -0.2) is 45.8 Å². The Balaban J connectivity index is 1.96. The van der Waals surface area contributed by atoms with E-state index >= 15 is 0 Å². The van der Waals surface area contributed by atoms with Crippen LogP contribution in [0.3, 0.4) is 0 Å². The molecule has 7 nitrogen and oxygen atoms in total. The van der Waals surface area contributed by atoms with Crippen molar-refractivity contribution in [2.75, 3.05) is 18.0 Å². The fraction of sp³-hybridized carbons (Fsp3) is 0.412. The maximum absolute atomic E-state index is 12.5. The van der Waals surface area contributed by atoms with Gasteiger partial charge in [-0.1, -0.05) is 11.6 Å². The Labute approximate surface area is 164 Å². The Morgan fingerprint density at radius 1 is 1.32 bits per heavy atom.